The van der Waals surface area contributed by atoms with Gasteiger partial charge < -0.3 is 0 Å². The lowest BCUT2D eigenvalue weighted by Crippen LogP contribution is -2.45. The van der Waals surface area contributed by atoms with Crippen LogP contribution in [0.4, 0.5) is 17.6 Å². The second-order valence-electron chi connectivity index (χ2n) is 7.91. The van der Waals surface area contributed by atoms with Crippen molar-refractivity contribution < 1.29 is 17.6 Å². The maximum absolute atomic E-state index is 14.8. The van der Waals surface area contributed by atoms with Gasteiger partial charge in [0.05, 0.1) is 5.92 Å². The van der Waals surface area contributed by atoms with Gasteiger partial charge >= 0.3 is 0 Å². The highest BCUT2D eigenvalue weighted by Crippen LogP contribution is 2.59. The van der Waals surface area contributed by atoms with Crippen LogP contribution in [0.3, 0.4) is 0 Å². The van der Waals surface area contributed by atoms with Crippen molar-refractivity contribution >= 4 is 0 Å². The molecule has 3 saturated carbocycles. The topological polar surface area (TPSA) is 0 Å². The minimum absolute atomic E-state index is 0.0129. The van der Waals surface area contributed by atoms with Crippen LogP contribution in [0.25, 0.3) is 0 Å². The predicted octanol–water partition coefficient (Wildman–Crippen LogP) is 5.95. The Bertz CT molecular complexity index is 375. The van der Waals surface area contributed by atoms with Crippen LogP contribution in [-0.2, 0) is 0 Å². The molecule has 5 atom stereocenters. The molecule has 0 saturated heterocycles. The summed E-state index contributed by atoms with van der Waals surface area (Å²) in [5, 5.41) is 0. The quantitative estimate of drug-likeness (QED) is 0.564. The minimum Gasteiger partial charge on any atom is -0.244 e. The van der Waals surface area contributed by atoms with Gasteiger partial charge in [0, 0.05) is 5.92 Å². The van der Waals surface area contributed by atoms with E-state index in [1.54, 1.807) is 0 Å². The average Bonchev–Trinajstić information content (AvgIpc) is 2.76. The first-order valence-corrected chi connectivity index (χ1v) is 9.11. The summed E-state index contributed by atoms with van der Waals surface area (Å²) in [6.45, 7) is 2.16. The van der Waals surface area contributed by atoms with Gasteiger partial charge in [-0.15, -0.1) is 0 Å². The van der Waals surface area contributed by atoms with Crippen LogP contribution in [0.1, 0.15) is 64.7 Å². The highest BCUT2D eigenvalue weighted by molar-refractivity contribution is 5.06. The molecule has 3 rings (SSSR count). The van der Waals surface area contributed by atoms with E-state index in [9.17, 15) is 17.6 Å². The molecule has 0 aromatic heterocycles. The number of hydrogen-bond donors (Lipinski definition) is 0. The standard InChI is InChI=1S/C18H28F4/c1-2-3-11-4-6-12(7-5-11)14-10-13-8-9-15(19)17(20)16(13)18(14,21)22/h11-17H,2-10H2,1H3/t11?,12?,13?,14-,15?,16?,17?/m1/s1. The lowest BCUT2D eigenvalue weighted by Gasteiger charge is -2.37. The molecular formula is C18H28F4. The van der Waals surface area contributed by atoms with Crippen molar-refractivity contribution in [3.8, 4) is 0 Å². The molecule has 0 bridgehead atoms. The highest BCUT2D eigenvalue weighted by atomic mass is 19.3. The van der Waals surface area contributed by atoms with Gasteiger partial charge in [0.2, 0.25) is 0 Å². The summed E-state index contributed by atoms with van der Waals surface area (Å²) in [6.07, 6.45) is 3.42. The highest BCUT2D eigenvalue weighted by Gasteiger charge is 2.64. The van der Waals surface area contributed by atoms with E-state index >= 15 is 0 Å². The number of rotatable bonds is 3. The molecule has 22 heavy (non-hydrogen) atoms. The van der Waals surface area contributed by atoms with E-state index in [1.807, 2.05) is 0 Å². The summed E-state index contributed by atoms with van der Waals surface area (Å²) in [5.74, 6) is -4.71. The number of fused-ring (bicyclic) bond motifs is 1. The van der Waals surface area contributed by atoms with Crippen molar-refractivity contribution in [2.75, 3.05) is 0 Å². The Morgan fingerprint density at radius 1 is 0.909 bits per heavy atom. The van der Waals surface area contributed by atoms with Crippen molar-refractivity contribution in [1.82, 2.24) is 0 Å². The molecule has 128 valence electrons. The summed E-state index contributed by atoms with van der Waals surface area (Å²) in [7, 11) is 0. The Labute approximate surface area is 131 Å². The van der Waals surface area contributed by atoms with Gasteiger partial charge in [0.25, 0.3) is 5.92 Å². The van der Waals surface area contributed by atoms with E-state index in [4.69, 9.17) is 0 Å². The van der Waals surface area contributed by atoms with Crippen molar-refractivity contribution in [2.45, 2.75) is 83.0 Å². The van der Waals surface area contributed by atoms with Crippen molar-refractivity contribution in [3.05, 3.63) is 0 Å². The maximum Gasteiger partial charge on any atom is 0.257 e. The molecule has 0 N–H and O–H groups in total. The van der Waals surface area contributed by atoms with E-state index in [0.29, 0.717) is 18.8 Å². The molecule has 3 aliphatic rings. The fourth-order valence-corrected chi connectivity index (χ4v) is 5.51. The smallest absolute Gasteiger partial charge is 0.244 e. The zero-order chi connectivity index (χ0) is 15.9. The fraction of sp³-hybridized carbons (Fsp3) is 1.00. The van der Waals surface area contributed by atoms with Gasteiger partial charge in [-0.2, -0.15) is 0 Å². The molecule has 0 aromatic carbocycles. The van der Waals surface area contributed by atoms with Crippen LogP contribution in [0.2, 0.25) is 0 Å². The molecule has 0 spiro atoms. The molecule has 0 aromatic rings. The zero-order valence-electron chi connectivity index (χ0n) is 13.4. The van der Waals surface area contributed by atoms with Gasteiger partial charge in [0.15, 0.2) is 0 Å². The summed E-state index contributed by atoms with van der Waals surface area (Å²) in [4.78, 5) is 0. The summed E-state index contributed by atoms with van der Waals surface area (Å²) in [5.41, 5.74) is 0. The van der Waals surface area contributed by atoms with Crippen LogP contribution < -0.4 is 0 Å². The van der Waals surface area contributed by atoms with E-state index in [-0.39, 0.29) is 18.3 Å². The van der Waals surface area contributed by atoms with Crippen LogP contribution in [-0.4, -0.2) is 18.3 Å². The third-order valence-electron chi connectivity index (χ3n) is 6.66. The molecule has 4 heteroatoms. The molecule has 0 radical (unpaired) electrons. The van der Waals surface area contributed by atoms with Gasteiger partial charge in [-0.05, 0) is 49.9 Å². The van der Waals surface area contributed by atoms with Gasteiger partial charge in [-0.3, -0.25) is 0 Å². The Hall–Kier alpha value is -0.280. The SMILES string of the molecule is CCCC1CCC([C@H]2CC3CCC(F)C(F)C3C2(F)F)CC1. The van der Waals surface area contributed by atoms with Crippen molar-refractivity contribution in [2.24, 2.45) is 29.6 Å². The second kappa shape index (κ2) is 6.32. The lowest BCUT2D eigenvalue weighted by molar-refractivity contribution is -0.139. The largest absolute Gasteiger partial charge is 0.257 e. The number of alkyl halides is 4. The Kier molecular flexibility index (Phi) is 4.76. The Balaban J connectivity index is 1.68. The van der Waals surface area contributed by atoms with Crippen LogP contribution >= 0.6 is 0 Å². The van der Waals surface area contributed by atoms with Gasteiger partial charge in [-0.25, -0.2) is 17.6 Å². The van der Waals surface area contributed by atoms with Crippen molar-refractivity contribution in [1.29, 1.82) is 0 Å². The molecule has 3 fully saturated rings. The Morgan fingerprint density at radius 2 is 1.55 bits per heavy atom. The molecule has 3 aliphatic carbocycles. The molecule has 0 aliphatic heterocycles. The molecule has 4 unspecified atom stereocenters. The van der Waals surface area contributed by atoms with Gasteiger partial charge in [-0.1, -0.05) is 32.6 Å². The lowest BCUT2D eigenvalue weighted by atomic mass is 9.72. The first-order chi connectivity index (χ1) is 10.4. The third-order valence-corrected chi connectivity index (χ3v) is 6.66. The molecule has 0 nitrogen and oxygen atoms in total. The predicted molar refractivity (Wildman–Crippen MR) is 79.4 cm³/mol. The minimum atomic E-state index is -3.02. The van der Waals surface area contributed by atoms with E-state index in [2.05, 4.69) is 6.92 Å². The first-order valence-electron chi connectivity index (χ1n) is 9.11. The van der Waals surface area contributed by atoms with Crippen LogP contribution in [0.5, 0.6) is 0 Å². The maximum atomic E-state index is 14.8. The average molecular weight is 320 g/mol. The molecule has 0 heterocycles. The van der Waals surface area contributed by atoms with Gasteiger partial charge in [0.1, 0.15) is 12.3 Å². The van der Waals surface area contributed by atoms with Crippen molar-refractivity contribution in [3.63, 3.8) is 0 Å². The van der Waals surface area contributed by atoms with Crippen LogP contribution in [0, 0.1) is 29.6 Å². The first kappa shape index (κ1) is 16.6. The number of hydrogen-bond acceptors (Lipinski definition) is 0. The van der Waals surface area contributed by atoms with E-state index in [1.165, 1.54) is 6.42 Å². The fourth-order valence-electron chi connectivity index (χ4n) is 5.51. The molecular weight excluding hydrogens is 292 g/mol. The summed E-state index contributed by atoms with van der Waals surface area (Å²) >= 11 is 0. The van der Waals surface area contributed by atoms with E-state index < -0.39 is 30.1 Å². The summed E-state index contributed by atoms with van der Waals surface area (Å²) in [6, 6.07) is 0. The Morgan fingerprint density at radius 3 is 2.18 bits per heavy atom. The second-order valence-corrected chi connectivity index (χ2v) is 7.91. The third kappa shape index (κ3) is 2.80. The monoisotopic (exact) mass is 320 g/mol. The normalized spacial score (nSPS) is 48.1. The zero-order valence-corrected chi connectivity index (χ0v) is 13.4. The molecule has 0 amide bonds. The van der Waals surface area contributed by atoms with E-state index in [0.717, 1.165) is 32.1 Å². The van der Waals surface area contributed by atoms with Crippen LogP contribution in [0.15, 0.2) is 0 Å². The summed E-state index contributed by atoms with van der Waals surface area (Å²) < 4.78 is 57.2. The number of halogens is 4.